The van der Waals surface area contributed by atoms with Crippen LogP contribution in [0.1, 0.15) is 15.9 Å². The van der Waals surface area contributed by atoms with Gasteiger partial charge in [0.1, 0.15) is 18.2 Å². The third kappa shape index (κ3) is 5.89. The molecule has 0 saturated heterocycles. The Hall–Kier alpha value is -3.19. The molecule has 3 aromatic carbocycles. The van der Waals surface area contributed by atoms with Crippen molar-refractivity contribution in [2.24, 2.45) is 0 Å². The molecule has 0 unspecified atom stereocenters. The number of para-hydroxylation sites is 2. The monoisotopic (exact) mass is 456 g/mol. The molecule has 0 saturated carbocycles. The van der Waals surface area contributed by atoms with Gasteiger partial charge in [-0.1, -0.05) is 36.4 Å². The van der Waals surface area contributed by atoms with Gasteiger partial charge in [-0.15, -0.1) is 0 Å². The van der Waals surface area contributed by atoms with Crippen molar-refractivity contribution in [2.45, 2.75) is 6.61 Å². The highest BCUT2D eigenvalue weighted by Gasteiger charge is 2.14. The number of carbonyl (C=O) groups excluding carboxylic acids is 2. The SMILES string of the molecule is O=C(CNC(=O)c1ccccc1OCc1ccc(F)cc1)Nc1ccccc1Br. The van der Waals surface area contributed by atoms with E-state index in [-0.39, 0.29) is 24.9 Å². The number of nitrogens with one attached hydrogen (secondary N) is 2. The Bertz CT molecular complexity index is 1010. The fraction of sp³-hybridized carbons (Fsp3) is 0.0909. The first-order valence-electron chi connectivity index (χ1n) is 8.82. The number of carbonyl (C=O) groups is 2. The molecule has 5 nitrogen and oxygen atoms in total. The molecule has 0 radical (unpaired) electrons. The Kier molecular flexibility index (Phi) is 6.97. The zero-order valence-corrected chi connectivity index (χ0v) is 16.9. The summed E-state index contributed by atoms with van der Waals surface area (Å²) in [7, 11) is 0. The molecule has 2 amide bonds. The summed E-state index contributed by atoms with van der Waals surface area (Å²) in [5.41, 5.74) is 1.70. The summed E-state index contributed by atoms with van der Waals surface area (Å²) in [6, 6.07) is 19.9. The van der Waals surface area contributed by atoms with Crippen LogP contribution < -0.4 is 15.4 Å². The summed E-state index contributed by atoms with van der Waals surface area (Å²) < 4.78 is 19.5. The summed E-state index contributed by atoms with van der Waals surface area (Å²) >= 11 is 3.35. The lowest BCUT2D eigenvalue weighted by atomic mass is 10.2. The number of ether oxygens (including phenoxy) is 1. The molecule has 0 fully saturated rings. The second kappa shape index (κ2) is 9.84. The molecule has 148 valence electrons. The molecule has 0 aliphatic rings. The molecule has 0 aliphatic carbocycles. The minimum absolute atomic E-state index is 0.188. The molecule has 0 spiro atoms. The summed E-state index contributed by atoms with van der Waals surface area (Å²) in [6.45, 7) is -0.000439. The van der Waals surface area contributed by atoms with Gasteiger partial charge in [0.25, 0.3) is 5.91 Å². The minimum Gasteiger partial charge on any atom is -0.488 e. The average molecular weight is 457 g/mol. The Balaban J connectivity index is 1.58. The highest BCUT2D eigenvalue weighted by atomic mass is 79.9. The standard InChI is InChI=1S/C22H18BrFN2O3/c23-18-6-2-3-7-19(18)26-21(27)13-25-22(28)17-5-1-4-8-20(17)29-14-15-9-11-16(24)12-10-15/h1-12H,13-14H2,(H,25,28)(H,26,27). The molecular weight excluding hydrogens is 439 g/mol. The number of hydrogen-bond acceptors (Lipinski definition) is 3. The molecular formula is C22H18BrFN2O3. The van der Waals surface area contributed by atoms with Gasteiger partial charge in [0.2, 0.25) is 5.91 Å². The van der Waals surface area contributed by atoms with Gasteiger partial charge in [-0.3, -0.25) is 9.59 Å². The van der Waals surface area contributed by atoms with Gasteiger partial charge >= 0.3 is 0 Å². The van der Waals surface area contributed by atoms with Crippen molar-refractivity contribution < 1.29 is 18.7 Å². The molecule has 0 atom stereocenters. The van der Waals surface area contributed by atoms with Crippen LogP contribution in [-0.2, 0) is 11.4 Å². The fourth-order valence-electron chi connectivity index (χ4n) is 2.53. The van der Waals surface area contributed by atoms with Crippen LogP contribution in [-0.4, -0.2) is 18.4 Å². The van der Waals surface area contributed by atoms with E-state index in [1.54, 1.807) is 48.5 Å². The maximum atomic E-state index is 13.0. The number of anilines is 1. The number of benzene rings is 3. The second-order valence-corrected chi connectivity index (χ2v) is 6.98. The Morgan fingerprint density at radius 2 is 1.62 bits per heavy atom. The van der Waals surface area contributed by atoms with E-state index in [0.29, 0.717) is 17.0 Å². The lowest BCUT2D eigenvalue weighted by molar-refractivity contribution is -0.115. The predicted molar refractivity (Wildman–Crippen MR) is 112 cm³/mol. The quantitative estimate of drug-likeness (QED) is 0.548. The fourth-order valence-corrected chi connectivity index (χ4v) is 2.92. The number of hydrogen-bond donors (Lipinski definition) is 2. The third-order valence-electron chi connectivity index (χ3n) is 4.00. The van der Waals surface area contributed by atoms with Gasteiger partial charge in [-0.2, -0.15) is 0 Å². The van der Waals surface area contributed by atoms with Crippen molar-refractivity contribution in [3.8, 4) is 5.75 Å². The van der Waals surface area contributed by atoms with Crippen molar-refractivity contribution >= 4 is 33.4 Å². The van der Waals surface area contributed by atoms with E-state index < -0.39 is 5.91 Å². The molecule has 0 aliphatic heterocycles. The van der Waals surface area contributed by atoms with E-state index in [0.717, 1.165) is 10.0 Å². The van der Waals surface area contributed by atoms with E-state index in [4.69, 9.17) is 4.74 Å². The van der Waals surface area contributed by atoms with Gasteiger partial charge in [-0.05, 0) is 57.9 Å². The Morgan fingerprint density at radius 3 is 2.38 bits per heavy atom. The lowest BCUT2D eigenvalue weighted by Gasteiger charge is -2.12. The van der Waals surface area contributed by atoms with Gasteiger partial charge in [-0.25, -0.2) is 4.39 Å². The zero-order chi connectivity index (χ0) is 20.6. The van der Waals surface area contributed by atoms with Gasteiger partial charge < -0.3 is 15.4 Å². The molecule has 2 N–H and O–H groups in total. The number of amides is 2. The average Bonchev–Trinajstić information content (AvgIpc) is 2.73. The Labute approximate surface area is 176 Å². The summed E-state index contributed by atoms with van der Waals surface area (Å²) in [5, 5.41) is 5.31. The van der Waals surface area contributed by atoms with Crippen LogP contribution in [0.4, 0.5) is 10.1 Å². The summed E-state index contributed by atoms with van der Waals surface area (Å²) in [5.74, 6) is -0.730. The zero-order valence-electron chi connectivity index (χ0n) is 15.3. The maximum Gasteiger partial charge on any atom is 0.255 e. The van der Waals surface area contributed by atoms with Crippen LogP contribution >= 0.6 is 15.9 Å². The number of rotatable bonds is 7. The van der Waals surface area contributed by atoms with Crippen molar-refractivity contribution in [3.05, 3.63) is 94.2 Å². The van der Waals surface area contributed by atoms with Crippen LogP contribution in [0.25, 0.3) is 0 Å². The normalized spacial score (nSPS) is 10.3. The van der Waals surface area contributed by atoms with E-state index in [1.165, 1.54) is 12.1 Å². The first-order valence-corrected chi connectivity index (χ1v) is 9.61. The molecule has 7 heteroatoms. The van der Waals surface area contributed by atoms with E-state index >= 15 is 0 Å². The molecule has 0 aromatic heterocycles. The maximum absolute atomic E-state index is 13.0. The van der Waals surface area contributed by atoms with Crippen molar-refractivity contribution in [3.63, 3.8) is 0 Å². The third-order valence-corrected chi connectivity index (χ3v) is 4.69. The van der Waals surface area contributed by atoms with Crippen LogP contribution in [0, 0.1) is 5.82 Å². The van der Waals surface area contributed by atoms with E-state index in [1.807, 2.05) is 12.1 Å². The largest absolute Gasteiger partial charge is 0.488 e. The predicted octanol–water partition coefficient (Wildman–Crippen LogP) is 4.54. The molecule has 0 bridgehead atoms. The van der Waals surface area contributed by atoms with Crippen LogP contribution in [0.2, 0.25) is 0 Å². The highest BCUT2D eigenvalue weighted by molar-refractivity contribution is 9.10. The number of halogens is 2. The van der Waals surface area contributed by atoms with E-state index in [9.17, 15) is 14.0 Å². The molecule has 0 heterocycles. The van der Waals surface area contributed by atoms with Gasteiger partial charge in [0.05, 0.1) is 17.8 Å². The first-order chi connectivity index (χ1) is 14.0. The summed E-state index contributed by atoms with van der Waals surface area (Å²) in [4.78, 5) is 24.6. The highest BCUT2D eigenvalue weighted by Crippen LogP contribution is 2.21. The van der Waals surface area contributed by atoms with Crippen LogP contribution in [0.5, 0.6) is 5.75 Å². The first kappa shape index (κ1) is 20.5. The lowest BCUT2D eigenvalue weighted by Crippen LogP contribution is -2.33. The van der Waals surface area contributed by atoms with Gasteiger partial charge in [0, 0.05) is 4.47 Å². The van der Waals surface area contributed by atoms with Crippen LogP contribution in [0.15, 0.2) is 77.3 Å². The van der Waals surface area contributed by atoms with Crippen molar-refractivity contribution in [1.29, 1.82) is 0 Å². The minimum atomic E-state index is -0.429. The molecule has 29 heavy (non-hydrogen) atoms. The van der Waals surface area contributed by atoms with Gasteiger partial charge in [0.15, 0.2) is 0 Å². The Morgan fingerprint density at radius 1 is 0.931 bits per heavy atom. The van der Waals surface area contributed by atoms with Crippen molar-refractivity contribution in [2.75, 3.05) is 11.9 Å². The molecule has 3 rings (SSSR count). The second-order valence-electron chi connectivity index (χ2n) is 6.12. The summed E-state index contributed by atoms with van der Waals surface area (Å²) in [6.07, 6.45) is 0. The molecule has 3 aromatic rings. The van der Waals surface area contributed by atoms with E-state index in [2.05, 4.69) is 26.6 Å². The van der Waals surface area contributed by atoms with Crippen LogP contribution in [0.3, 0.4) is 0 Å². The van der Waals surface area contributed by atoms with Crippen molar-refractivity contribution in [1.82, 2.24) is 5.32 Å². The topological polar surface area (TPSA) is 67.4 Å². The smallest absolute Gasteiger partial charge is 0.255 e.